The molecule has 0 amide bonds. The van der Waals surface area contributed by atoms with E-state index in [-0.39, 0.29) is 5.54 Å². The third-order valence-electron chi connectivity index (χ3n) is 4.42. The largest absolute Gasteiger partial charge is 0.329 e. The maximum Gasteiger partial charge on any atom is 0.0301 e. The maximum atomic E-state index is 5.94. The van der Waals surface area contributed by atoms with Crippen molar-refractivity contribution in [3.8, 4) is 0 Å². The molecular weight excluding hydrogens is 208 g/mol. The molecule has 0 saturated carbocycles. The molecule has 94 valence electrons. The molecule has 0 bridgehead atoms. The Balaban J connectivity index is 2.05. The summed E-state index contributed by atoms with van der Waals surface area (Å²) in [5.74, 6) is 0.689. The SMILES string of the molecule is CCC(C)(CN)N1CCC(c2ccccc2)C1. The summed E-state index contributed by atoms with van der Waals surface area (Å²) in [4.78, 5) is 2.57. The van der Waals surface area contributed by atoms with Gasteiger partial charge in [-0.25, -0.2) is 0 Å². The van der Waals surface area contributed by atoms with E-state index >= 15 is 0 Å². The van der Waals surface area contributed by atoms with Crippen molar-refractivity contribution in [1.82, 2.24) is 4.90 Å². The predicted octanol–water partition coefficient (Wildman–Crippen LogP) is 2.60. The number of nitrogens with zero attached hydrogens (tertiary/aromatic N) is 1. The molecule has 2 rings (SSSR count). The smallest absolute Gasteiger partial charge is 0.0301 e. The zero-order chi connectivity index (χ0) is 12.3. The van der Waals surface area contributed by atoms with E-state index in [1.165, 1.54) is 18.5 Å². The zero-order valence-corrected chi connectivity index (χ0v) is 11.0. The van der Waals surface area contributed by atoms with Crippen molar-refractivity contribution in [3.05, 3.63) is 35.9 Å². The number of benzene rings is 1. The second kappa shape index (κ2) is 5.19. The Morgan fingerprint density at radius 1 is 1.35 bits per heavy atom. The maximum absolute atomic E-state index is 5.94. The van der Waals surface area contributed by atoms with Crippen molar-refractivity contribution in [1.29, 1.82) is 0 Å². The van der Waals surface area contributed by atoms with Crippen molar-refractivity contribution in [2.24, 2.45) is 5.73 Å². The summed E-state index contributed by atoms with van der Waals surface area (Å²) in [5.41, 5.74) is 7.60. The molecule has 0 radical (unpaired) electrons. The van der Waals surface area contributed by atoms with Crippen LogP contribution < -0.4 is 5.73 Å². The van der Waals surface area contributed by atoms with E-state index in [0.717, 1.165) is 19.5 Å². The van der Waals surface area contributed by atoms with Gasteiger partial charge in [-0.3, -0.25) is 4.90 Å². The van der Waals surface area contributed by atoms with Gasteiger partial charge in [0.2, 0.25) is 0 Å². The van der Waals surface area contributed by atoms with E-state index in [1.54, 1.807) is 0 Å². The van der Waals surface area contributed by atoms with E-state index in [2.05, 4.69) is 49.1 Å². The van der Waals surface area contributed by atoms with Crippen LogP contribution in [-0.2, 0) is 0 Å². The topological polar surface area (TPSA) is 29.3 Å². The first kappa shape index (κ1) is 12.6. The van der Waals surface area contributed by atoms with Gasteiger partial charge in [0.1, 0.15) is 0 Å². The van der Waals surface area contributed by atoms with Crippen LogP contribution in [-0.4, -0.2) is 30.1 Å². The van der Waals surface area contributed by atoms with Crippen molar-refractivity contribution < 1.29 is 0 Å². The van der Waals surface area contributed by atoms with Crippen LogP contribution in [0.5, 0.6) is 0 Å². The molecule has 2 nitrogen and oxygen atoms in total. The van der Waals surface area contributed by atoms with Crippen LogP contribution in [0, 0.1) is 0 Å². The lowest BCUT2D eigenvalue weighted by Gasteiger charge is -2.37. The lowest BCUT2D eigenvalue weighted by molar-refractivity contribution is 0.136. The number of hydrogen-bond donors (Lipinski definition) is 1. The predicted molar refractivity (Wildman–Crippen MR) is 73.1 cm³/mol. The molecule has 0 aromatic heterocycles. The first-order chi connectivity index (χ1) is 8.19. The van der Waals surface area contributed by atoms with Crippen LogP contribution in [0.2, 0.25) is 0 Å². The molecule has 0 aliphatic carbocycles. The van der Waals surface area contributed by atoms with E-state index in [9.17, 15) is 0 Å². The van der Waals surface area contributed by atoms with Gasteiger partial charge in [-0.05, 0) is 37.8 Å². The minimum absolute atomic E-state index is 0.184. The lowest BCUT2D eigenvalue weighted by atomic mass is 9.96. The number of hydrogen-bond acceptors (Lipinski definition) is 2. The molecule has 17 heavy (non-hydrogen) atoms. The van der Waals surface area contributed by atoms with E-state index < -0.39 is 0 Å². The van der Waals surface area contributed by atoms with Crippen LogP contribution in [0.4, 0.5) is 0 Å². The standard InChI is InChI=1S/C15H24N2/c1-3-15(2,12-16)17-10-9-14(11-17)13-7-5-4-6-8-13/h4-8,14H,3,9-12,16H2,1-2H3. The highest BCUT2D eigenvalue weighted by atomic mass is 15.2. The lowest BCUT2D eigenvalue weighted by Crippen LogP contribution is -2.50. The second-order valence-electron chi connectivity index (χ2n) is 5.40. The number of likely N-dealkylation sites (tertiary alicyclic amines) is 1. The Hall–Kier alpha value is -0.860. The van der Waals surface area contributed by atoms with Gasteiger partial charge in [-0.15, -0.1) is 0 Å². The van der Waals surface area contributed by atoms with E-state index in [1.807, 2.05) is 0 Å². The summed E-state index contributed by atoms with van der Waals surface area (Å²) in [7, 11) is 0. The Labute approximate surface area is 105 Å². The van der Waals surface area contributed by atoms with Crippen LogP contribution >= 0.6 is 0 Å². The average Bonchev–Trinajstić information content (AvgIpc) is 2.89. The third-order valence-corrected chi connectivity index (χ3v) is 4.42. The minimum atomic E-state index is 0.184. The average molecular weight is 232 g/mol. The first-order valence-electron chi connectivity index (χ1n) is 6.69. The molecule has 1 aromatic rings. The minimum Gasteiger partial charge on any atom is -0.329 e. The van der Waals surface area contributed by atoms with Crippen molar-refractivity contribution in [2.75, 3.05) is 19.6 Å². The summed E-state index contributed by atoms with van der Waals surface area (Å²) in [6, 6.07) is 10.9. The van der Waals surface area contributed by atoms with Gasteiger partial charge in [-0.2, -0.15) is 0 Å². The fourth-order valence-electron chi connectivity index (χ4n) is 2.74. The van der Waals surface area contributed by atoms with Gasteiger partial charge in [0.15, 0.2) is 0 Å². The zero-order valence-electron chi connectivity index (χ0n) is 11.0. The van der Waals surface area contributed by atoms with Crippen LogP contribution in [0.1, 0.15) is 38.2 Å². The third kappa shape index (κ3) is 2.53. The van der Waals surface area contributed by atoms with Crippen molar-refractivity contribution in [2.45, 2.75) is 38.1 Å². The fraction of sp³-hybridized carbons (Fsp3) is 0.600. The fourth-order valence-corrected chi connectivity index (χ4v) is 2.74. The Morgan fingerprint density at radius 3 is 2.65 bits per heavy atom. The summed E-state index contributed by atoms with van der Waals surface area (Å²) in [5, 5.41) is 0. The van der Waals surface area contributed by atoms with Crippen LogP contribution in [0.15, 0.2) is 30.3 Å². The van der Waals surface area contributed by atoms with Crippen molar-refractivity contribution in [3.63, 3.8) is 0 Å². The van der Waals surface area contributed by atoms with Crippen molar-refractivity contribution >= 4 is 0 Å². The van der Waals surface area contributed by atoms with Crippen LogP contribution in [0.3, 0.4) is 0 Å². The molecule has 2 heteroatoms. The monoisotopic (exact) mass is 232 g/mol. The van der Waals surface area contributed by atoms with Gasteiger partial charge in [0.05, 0.1) is 0 Å². The van der Waals surface area contributed by atoms with Gasteiger partial charge in [0, 0.05) is 18.6 Å². The summed E-state index contributed by atoms with van der Waals surface area (Å²) in [6.07, 6.45) is 2.39. The second-order valence-corrected chi connectivity index (χ2v) is 5.40. The van der Waals surface area contributed by atoms with E-state index in [0.29, 0.717) is 5.92 Å². The van der Waals surface area contributed by atoms with Gasteiger partial charge < -0.3 is 5.73 Å². The van der Waals surface area contributed by atoms with Gasteiger partial charge in [0.25, 0.3) is 0 Å². The first-order valence-corrected chi connectivity index (χ1v) is 6.69. The highest BCUT2D eigenvalue weighted by molar-refractivity contribution is 5.21. The number of rotatable bonds is 4. The van der Waals surface area contributed by atoms with Crippen LogP contribution in [0.25, 0.3) is 0 Å². The molecule has 2 N–H and O–H groups in total. The van der Waals surface area contributed by atoms with Gasteiger partial charge in [-0.1, -0.05) is 37.3 Å². The molecule has 2 atom stereocenters. The molecule has 1 aromatic carbocycles. The highest BCUT2D eigenvalue weighted by Crippen LogP contribution is 2.32. The quantitative estimate of drug-likeness (QED) is 0.864. The summed E-state index contributed by atoms with van der Waals surface area (Å²) in [6.45, 7) is 7.63. The molecular formula is C15H24N2. The Kier molecular flexibility index (Phi) is 3.85. The molecule has 1 fully saturated rings. The molecule has 1 saturated heterocycles. The molecule has 1 heterocycles. The highest BCUT2D eigenvalue weighted by Gasteiger charge is 2.34. The molecule has 1 aliphatic heterocycles. The summed E-state index contributed by atoms with van der Waals surface area (Å²) >= 11 is 0. The van der Waals surface area contributed by atoms with Gasteiger partial charge >= 0.3 is 0 Å². The normalized spacial score (nSPS) is 24.8. The Bertz CT molecular complexity index is 343. The summed E-state index contributed by atoms with van der Waals surface area (Å²) < 4.78 is 0. The molecule has 1 aliphatic rings. The number of nitrogens with two attached hydrogens (primary N) is 1. The molecule has 0 spiro atoms. The Morgan fingerprint density at radius 2 is 2.06 bits per heavy atom. The van der Waals surface area contributed by atoms with E-state index in [4.69, 9.17) is 5.73 Å². The molecule has 2 unspecified atom stereocenters.